The SMILES string of the molecule is CCCC(=O)Nc1cccc(NC(=O)C(N)COC)c1.Cl. The zero-order valence-electron chi connectivity index (χ0n) is 12.2. The lowest BCUT2D eigenvalue weighted by molar-refractivity contribution is -0.118. The number of carbonyl (C=O) groups excluding carboxylic acids is 2. The predicted octanol–water partition coefficient (Wildman–Crippen LogP) is 1.76. The van der Waals surface area contributed by atoms with Gasteiger partial charge >= 0.3 is 0 Å². The Labute approximate surface area is 130 Å². The fourth-order valence-corrected chi connectivity index (χ4v) is 1.62. The minimum Gasteiger partial charge on any atom is -0.383 e. The second kappa shape index (κ2) is 10.1. The summed E-state index contributed by atoms with van der Waals surface area (Å²) in [6.45, 7) is 2.09. The van der Waals surface area contributed by atoms with Gasteiger partial charge in [0, 0.05) is 24.9 Å². The maximum Gasteiger partial charge on any atom is 0.243 e. The van der Waals surface area contributed by atoms with E-state index in [0.717, 1.165) is 6.42 Å². The van der Waals surface area contributed by atoms with Crippen molar-refractivity contribution in [3.63, 3.8) is 0 Å². The van der Waals surface area contributed by atoms with Gasteiger partial charge < -0.3 is 21.1 Å². The van der Waals surface area contributed by atoms with Crippen molar-refractivity contribution in [2.24, 2.45) is 5.73 Å². The van der Waals surface area contributed by atoms with Crippen LogP contribution < -0.4 is 16.4 Å². The van der Waals surface area contributed by atoms with E-state index >= 15 is 0 Å². The third kappa shape index (κ3) is 7.08. The van der Waals surface area contributed by atoms with Crippen LogP contribution in [0.4, 0.5) is 11.4 Å². The molecule has 7 heteroatoms. The van der Waals surface area contributed by atoms with E-state index in [1.165, 1.54) is 7.11 Å². The summed E-state index contributed by atoms with van der Waals surface area (Å²) in [7, 11) is 1.48. The highest BCUT2D eigenvalue weighted by Gasteiger charge is 2.13. The van der Waals surface area contributed by atoms with Gasteiger partial charge in [-0.3, -0.25) is 9.59 Å². The van der Waals surface area contributed by atoms with Crippen LogP contribution in [0.5, 0.6) is 0 Å². The Morgan fingerprint density at radius 3 is 2.48 bits per heavy atom. The first-order chi connectivity index (χ1) is 9.56. The molecule has 0 aliphatic rings. The summed E-state index contributed by atoms with van der Waals surface area (Å²) in [5, 5.41) is 5.44. The Balaban J connectivity index is 0.00000400. The Kier molecular flexibility index (Phi) is 9.36. The molecule has 1 unspecified atom stereocenters. The van der Waals surface area contributed by atoms with Gasteiger partial charge in [0.25, 0.3) is 0 Å². The molecule has 1 aromatic rings. The zero-order valence-corrected chi connectivity index (χ0v) is 13.0. The van der Waals surface area contributed by atoms with Gasteiger partial charge in [0.1, 0.15) is 6.04 Å². The van der Waals surface area contributed by atoms with E-state index in [9.17, 15) is 9.59 Å². The summed E-state index contributed by atoms with van der Waals surface area (Å²) < 4.78 is 4.82. The van der Waals surface area contributed by atoms with E-state index in [4.69, 9.17) is 10.5 Å². The van der Waals surface area contributed by atoms with Crippen LogP contribution >= 0.6 is 12.4 Å². The van der Waals surface area contributed by atoms with Crippen molar-refractivity contribution in [2.75, 3.05) is 24.4 Å². The van der Waals surface area contributed by atoms with Crippen LogP contribution in [0.25, 0.3) is 0 Å². The van der Waals surface area contributed by atoms with Gasteiger partial charge in [-0.05, 0) is 24.6 Å². The number of amides is 2. The van der Waals surface area contributed by atoms with Gasteiger partial charge in [-0.2, -0.15) is 0 Å². The average molecular weight is 316 g/mol. The van der Waals surface area contributed by atoms with Crippen LogP contribution in [-0.2, 0) is 14.3 Å². The van der Waals surface area contributed by atoms with E-state index in [2.05, 4.69) is 10.6 Å². The summed E-state index contributed by atoms with van der Waals surface area (Å²) in [6, 6.07) is 6.20. The zero-order chi connectivity index (χ0) is 15.0. The molecular weight excluding hydrogens is 294 g/mol. The molecule has 4 N–H and O–H groups in total. The molecule has 1 rings (SSSR count). The highest BCUT2D eigenvalue weighted by Crippen LogP contribution is 2.15. The van der Waals surface area contributed by atoms with Gasteiger partial charge in [0.05, 0.1) is 6.61 Å². The standard InChI is InChI=1S/C14H21N3O3.ClH/c1-3-5-13(18)16-10-6-4-7-11(8-10)17-14(19)12(15)9-20-2;/h4,6-8,12H,3,5,9,15H2,1-2H3,(H,16,18)(H,17,19);1H. The Morgan fingerprint density at radius 2 is 1.90 bits per heavy atom. The van der Waals surface area contributed by atoms with Crippen LogP contribution in [-0.4, -0.2) is 31.6 Å². The molecule has 2 amide bonds. The molecule has 0 spiro atoms. The average Bonchev–Trinajstić information content (AvgIpc) is 2.39. The fourth-order valence-electron chi connectivity index (χ4n) is 1.62. The van der Waals surface area contributed by atoms with Crippen molar-refractivity contribution in [3.05, 3.63) is 24.3 Å². The molecule has 0 saturated carbocycles. The quantitative estimate of drug-likeness (QED) is 0.714. The third-order valence-electron chi connectivity index (χ3n) is 2.57. The monoisotopic (exact) mass is 315 g/mol. The maximum absolute atomic E-state index is 11.7. The molecule has 0 heterocycles. The fraction of sp³-hybridized carbons (Fsp3) is 0.429. The number of nitrogens with two attached hydrogens (primary N) is 1. The van der Waals surface area contributed by atoms with Crippen molar-refractivity contribution < 1.29 is 14.3 Å². The molecular formula is C14H22ClN3O3. The number of nitrogens with one attached hydrogen (secondary N) is 2. The first-order valence-corrected chi connectivity index (χ1v) is 6.52. The van der Waals surface area contributed by atoms with E-state index < -0.39 is 6.04 Å². The number of benzene rings is 1. The summed E-state index contributed by atoms with van der Waals surface area (Å²) >= 11 is 0. The highest BCUT2D eigenvalue weighted by molar-refractivity contribution is 5.96. The van der Waals surface area contributed by atoms with Crippen molar-refractivity contribution in [2.45, 2.75) is 25.8 Å². The molecule has 0 fully saturated rings. The highest BCUT2D eigenvalue weighted by atomic mass is 35.5. The second-order valence-corrected chi connectivity index (χ2v) is 4.43. The largest absolute Gasteiger partial charge is 0.383 e. The molecule has 0 saturated heterocycles. The Bertz CT molecular complexity index is 469. The summed E-state index contributed by atoms with van der Waals surface area (Å²) in [6.07, 6.45) is 1.25. The Hall–Kier alpha value is -1.63. The van der Waals surface area contributed by atoms with Crippen LogP contribution in [0.1, 0.15) is 19.8 Å². The lowest BCUT2D eigenvalue weighted by Crippen LogP contribution is -2.39. The number of halogens is 1. The minimum atomic E-state index is -0.724. The number of methoxy groups -OCH3 is 1. The number of carbonyl (C=O) groups is 2. The van der Waals surface area contributed by atoms with E-state index in [0.29, 0.717) is 17.8 Å². The first kappa shape index (κ1) is 19.4. The second-order valence-electron chi connectivity index (χ2n) is 4.43. The lowest BCUT2D eigenvalue weighted by Gasteiger charge is -2.12. The normalized spacial score (nSPS) is 11.2. The van der Waals surface area contributed by atoms with Gasteiger partial charge in [-0.15, -0.1) is 12.4 Å². The lowest BCUT2D eigenvalue weighted by atomic mass is 10.2. The number of hydrogen-bond donors (Lipinski definition) is 3. The topological polar surface area (TPSA) is 93.5 Å². The van der Waals surface area contributed by atoms with Crippen LogP contribution in [0.3, 0.4) is 0 Å². The number of rotatable bonds is 7. The summed E-state index contributed by atoms with van der Waals surface area (Å²) in [4.78, 5) is 23.2. The number of anilines is 2. The third-order valence-corrected chi connectivity index (χ3v) is 2.57. The first-order valence-electron chi connectivity index (χ1n) is 6.52. The van der Waals surface area contributed by atoms with Crippen molar-refractivity contribution >= 4 is 35.6 Å². The molecule has 0 bridgehead atoms. The summed E-state index contributed by atoms with van der Waals surface area (Å²) in [5.41, 5.74) is 6.85. The van der Waals surface area contributed by atoms with E-state index in [1.807, 2.05) is 6.92 Å². The van der Waals surface area contributed by atoms with Gasteiger partial charge in [0.15, 0.2) is 0 Å². The minimum absolute atomic E-state index is 0. The molecule has 0 aliphatic heterocycles. The maximum atomic E-state index is 11.7. The molecule has 0 aromatic heterocycles. The molecule has 0 aliphatic carbocycles. The van der Waals surface area contributed by atoms with E-state index in [-0.39, 0.29) is 30.8 Å². The van der Waals surface area contributed by atoms with Crippen LogP contribution in [0.2, 0.25) is 0 Å². The van der Waals surface area contributed by atoms with Crippen LogP contribution in [0.15, 0.2) is 24.3 Å². The van der Waals surface area contributed by atoms with E-state index in [1.54, 1.807) is 24.3 Å². The number of ether oxygens (including phenoxy) is 1. The Morgan fingerprint density at radius 1 is 1.29 bits per heavy atom. The molecule has 21 heavy (non-hydrogen) atoms. The number of hydrogen-bond acceptors (Lipinski definition) is 4. The smallest absolute Gasteiger partial charge is 0.243 e. The molecule has 0 radical (unpaired) electrons. The summed E-state index contributed by atoms with van der Waals surface area (Å²) in [5.74, 6) is -0.379. The van der Waals surface area contributed by atoms with Gasteiger partial charge in [0.2, 0.25) is 11.8 Å². The predicted molar refractivity (Wildman–Crippen MR) is 85.7 cm³/mol. The van der Waals surface area contributed by atoms with Crippen molar-refractivity contribution in [1.82, 2.24) is 0 Å². The molecule has 1 atom stereocenters. The van der Waals surface area contributed by atoms with Gasteiger partial charge in [-0.25, -0.2) is 0 Å². The van der Waals surface area contributed by atoms with Crippen LogP contribution in [0, 0.1) is 0 Å². The molecule has 118 valence electrons. The molecule has 1 aromatic carbocycles. The molecule has 6 nitrogen and oxygen atoms in total. The van der Waals surface area contributed by atoms with Gasteiger partial charge in [-0.1, -0.05) is 13.0 Å². The van der Waals surface area contributed by atoms with Crippen molar-refractivity contribution in [1.29, 1.82) is 0 Å². The van der Waals surface area contributed by atoms with Crippen molar-refractivity contribution in [3.8, 4) is 0 Å².